The third kappa shape index (κ3) is 3.48. The molecule has 0 radical (unpaired) electrons. The van der Waals surface area contributed by atoms with Gasteiger partial charge in [0.15, 0.2) is 0 Å². The first kappa shape index (κ1) is 13.5. The van der Waals surface area contributed by atoms with Crippen molar-refractivity contribution in [1.82, 2.24) is 4.90 Å². The van der Waals surface area contributed by atoms with Gasteiger partial charge in [-0.15, -0.1) is 0 Å². The number of carbonyl (C=O) groups is 1. The molecule has 0 aromatic heterocycles. The molecule has 1 rings (SSSR count). The monoisotopic (exact) mass is 227 g/mol. The molecule has 0 bridgehead atoms. The first-order chi connectivity index (χ1) is 7.41. The van der Waals surface area contributed by atoms with Crippen molar-refractivity contribution < 1.29 is 9.90 Å². The zero-order valence-corrected chi connectivity index (χ0v) is 10.9. The van der Waals surface area contributed by atoms with E-state index < -0.39 is 5.97 Å². The molecule has 1 heterocycles. The summed E-state index contributed by atoms with van der Waals surface area (Å²) >= 11 is 0. The van der Waals surface area contributed by atoms with E-state index >= 15 is 0 Å². The Labute approximate surface area is 98.8 Å². The van der Waals surface area contributed by atoms with E-state index in [9.17, 15) is 4.79 Å². The molecular formula is C13H25NO2. The van der Waals surface area contributed by atoms with Crippen LogP contribution < -0.4 is 0 Å². The molecule has 0 aliphatic carbocycles. The summed E-state index contributed by atoms with van der Waals surface area (Å²) in [6, 6.07) is 0.691. The van der Waals surface area contributed by atoms with Gasteiger partial charge in [0.05, 0.1) is 6.42 Å². The number of rotatable bonds is 4. The minimum absolute atomic E-state index is 0.235. The molecule has 2 atom stereocenters. The summed E-state index contributed by atoms with van der Waals surface area (Å²) in [6.45, 7) is 9.86. The van der Waals surface area contributed by atoms with Crippen molar-refractivity contribution in [1.29, 1.82) is 0 Å². The van der Waals surface area contributed by atoms with Crippen molar-refractivity contribution in [3.8, 4) is 0 Å². The minimum Gasteiger partial charge on any atom is -0.481 e. The van der Waals surface area contributed by atoms with E-state index in [-0.39, 0.29) is 6.04 Å². The van der Waals surface area contributed by atoms with Gasteiger partial charge in [-0.3, -0.25) is 9.69 Å². The average molecular weight is 227 g/mol. The molecule has 1 saturated heterocycles. The summed E-state index contributed by atoms with van der Waals surface area (Å²) < 4.78 is 0. The van der Waals surface area contributed by atoms with Gasteiger partial charge in [0.1, 0.15) is 0 Å². The Hall–Kier alpha value is -0.570. The maximum atomic E-state index is 10.9. The smallest absolute Gasteiger partial charge is 0.304 e. The highest BCUT2D eigenvalue weighted by Gasteiger charge is 2.32. The number of likely N-dealkylation sites (tertiary alicyclic amines) is 1. The van der Waals surface area contributed by atoms with Gasteiger partial charge in [0.25, 0.3) is 0 Å². The van der Waals surface area contributed by atoms with E-state index in [1.807, 2.05) is 0 Å². The van der Waals surface area contributed by atoms with Crippen LogP contribution in [0.5, 0.6) is 0 Å². The van der Waals surface area contributed by atoms with Gasteiger partial charge in [0.2, 0.25) is 0 Å². The summed E-state index contributed by atoms with van der Waals surface area (Å²) in [5.74, 6) is 0.699. The van der Waals surface area contributed by atoms with E-state index in [1.54, 1.807) is 0 Å². The first-order valence-electron chi connectivity index (χ1n) is 6.39. The van der Waals surface area contributed by atoms with Gasteiger partial charge in [-0.1, -0.05) is 13.8 Å². The van der Waals surface area contributed by atoms with Crippen molar-refractivity contribution in [2.24, 2.45) is 11.8 Å². The molecule has 1 N–H and O–H groups in total. The Kier molecular flexibility index (Phi) is 4.78. The van der Waals surface area contributed by atoms with E-state index in [1.165, 1.54) is 6.42 Å². The molecular weight excluding hydrogens is 202 g/mol. The van der Waals surface area contributed by atoms with Crippen LogP contribution in [0, 0.1) is 11.8 Å². The van der Waals surface area contributed by atoms with Gasteiger partial charge in [-0.05, 0) is 45.1 Å². The SMILES string of the molecule is CC(C)C1CCN(C(C)C)[C@H](CC(=O)O)C1. The number of carboxylic acid groups (broad SMARTS) is 1. The largest absolute Gasteiger partial charge is 0.481 e. The molecule has 3 nitrogen and oxygen atoms in total. The topological polar surface area (TPSA) is 40.5 Å². The highest BCUT2D eigenvalue weighted by atomic mass is 16.4. The maximum Gasteiger partial charge on any atom is 0.304 e. The molecule has 0 amide bonds. The molecule has 94 valence electrons. The van der Waals surface area contributed by atoms with Crippen molar-refractivity contribution >= 4 is 5.97 Å². The van der Waals surface area contributed by atoms with Crippen molar-refractivity contribution in [3.63, 3.8) is 0 Å². The number of hydrogen-bond acceptors (Lipinski definition) is 2. The van der Waals surface area contributed by atoms with E-state index in [4.69, 9.17) is 5.11 Å². The molecule has 16 heavy (non-hydrogen) atoms. The van der Waals surface area contributed by atoms with E-state index in [2.05, 4.69) is 32.6 Å². The Bertz CT molecular complexity index is 238. The van der Waals surface area contributed by atoms with Crippen LogP contribution in [0.4, 0.5) is 0 Å². The Morgan fingerprint density at radius 1 is 1.38 bits per heavy atom. The van der Waals surface area contributed by atoms with Crippen LogP contribution in [0.3, 0.4) is 0 Å². The average Bonchev–Trinajstić information content (AvgIpc) is 2.15. The summed E-state index contributed by atoms with van der Waals surface area (Å²) in [7, 11) is 0. The van der Waals surface area contributed by atoms with Crippen LogP contribution in [0.15, 0.2) is 0 Å². The standard InChI is InChI=1S/C13H25NO2/c1-9(2)11-5-6-14(10(3)4)12(7-11)8-13(15)16/h9-12H,5-8H2,1-4H3,(H,15,16)/t11?,12-/m0/s1. The van der Waals surface area contributed by atoms with Crippen LogP contribution in [-0.4, -0.2) is 34.6 Å². The Morgan fingerprint density at radius 2 is 2.00 bits per heavy atom. The lowest BCUT2D eigenvalue weighted by molar-refractivity contribution is -0.139. The molecule has 1 aliphatic heterocycles. The molecule has 1 aliphatic rings. The van der Waals surface area contributed by atoms with E-state index in [0.29, 0.717) is 24.3 Å². The Morgan fingerprint density at radius 3 is 2.44 bits per heavy atom. The number of piperidine rings is 1. The lowest BCUT2D eigenvalue weighted by Crippen LogP contribution is -2.47. The van der Waals surface area contributed by atoms with Crippen molar-refractivity contribution in [2.45, 2.75) is 59.0 Å². The summed E-state index contributed by atoms with van der Waals surface area (Å²) in [4.78, 5) is 13.2. The molecule has 0 spiro atoms. The molecule has 1 fully saturated rings. The third-order valence-electron chi connectivity index (χ3n) is 3.82. The zero-order valence-electron chi connectivity index (χ0n) is 10.9. The quantitative estimate of drug-likeness (QED) is 0.802. The second-order valence-corrected chi connectivity index (χ2v) is 5.61. The fraction of sp³-hybridized carbons (Fsp3) is 0.923. The van der Waals surface area contributed by atoms with Gasteiger partial charge < -0.3 is 5.11 Å². The highest BCUT2D eigenvalue weighted by molar-refractivity contribution is 5.67. The van der Waals surface area contributed by atoms with Crippen LogP contribution in [0.1, 0.15) is 47.0 Å². The first-order valence-corrected chi connectivity index (χ1v) is 6.39. The minimum atomic E-state index is -0.667. The van der Waals surface area contributed by atoms with E-state index in [0.717, 1.165) is 13.0 Å². The van der Waals surface area contributed by atoms with Gasteiger partial charge in [-0.25, -0.2) is 0 Å². The maximum absolute atomic E-state index is 10.9. The number of nitrogens with zero attached hydrogens (tertiary/aromatic N) is 1. The lowest BCUT2D eigenvalue weighted by atomic mass is 9.81. The number of carboxylic acids is 1. The summed E-state index contributed by atoms with van der Waals surface area (Å²) in [5, 5.41) is 8.96. The lowest BCUT2D eigenvalue weighted by Gasteiger charge is -2.42. The molecule has 3 heteroatoms. The van der Waals surface area contributed by atoms with Crippen LogP contribution >= 0.6 is 0 Å². The second-order valence-electron chi connectivity index (χ2n) is 5.61. The fourth-order valence-electron chi connectivity index (χ4n) is 2.79. The molecule has 1 unspecified atom stereocenters. The van der Waals surface area contributed by atoms with Gasteiger partial charge in [0, 0.05) is 12.1 Å². The van der Waals surface area contributed by atoms with Crippen LogP contribution in [0.25, 0.3) is 0 Å². The molecule has 0 saturated carbocycles. The van der Waals surface area contributed by atoms with Crippen molar-refractivity contribution in [2.75, 3.05) is 6.54 Å². The molecule has 0 aromatic carbocycles. The fourth-order valence-corrected chi connectivity index (χ4v) is 2.79. The normalized spacial score (nSPS) is 27.6. The zero-order chi connectivity index (χ0) is 12.3. The predicted octanol–water partition coefficient (Wildman–Crippen LogP) is 2.61. The number of aliphatic carboxylic acids is 1. The third-order valence-corrected chi connectivity index (χ3v) is 3.82. The highest BCUT2D eigenvalue weighted by Crippen LogP contribution is 2.31. The van der Waals surface area contributed by atoms with Gasteiger partial charge in [-0.2, -0.15) is 0 Å². The van der Waals surface area contributed by atoms with Crippen LogP contribution in [-0.2, 0) is 4.79 Å². The number of hydrogen-bond donors (Lipinski definition) is 1. The second kappa shape index (κ2) is 5.67. The Balaban J connectivity index is 2.65. The molecule has 0 aromatic rings. The predicted molar refractivity (Wildman–Crippen MR) is 65.4 cm³/mol. The van der Waals surface area contributed by atoms with Gasteiger partial charge >= 0.3 is 5.97 Å². The summed E-state index contributed by atoms with van der Waals surface area (Å²) in [5.41, 5.74) is 0. The van der Waals surface area contributed by atoms with Crippen LogP contribution in [0.2, 0.25) is 0 Å². The van der Waals surface area contributed by atoms with Crippen molar-refractivity contribution in [3.05, 3.63) is 0 Å². The summed E-state index contributed by atoms with van der Waals surface area (Å²) in [6.07, 6.45) is 2.55.